The van der Waals surface area contributed by atoms with Crippen molar-refractivity contribution >= 4 is 21.7 Å². The van der Waals surface area contributed by atoms with E-state index in [1.54, 1.807) is 12.1 Å². The Morgan fingerprint density at radius 2 is 2.00 bits per heavy atom. The van der Waals surface area contributed by atoms with Crippen molar-refractivity contribution in [3.63, 3.8) is 0 Å². The summed E-state index contributed by atoms with van der Waals surface area (Å²) in [7, 11) is 0. The minimum absolute atomic E-state index is 0.0627. The number of Topliss-reactive ketones (excluding diaryl/α,β-unsaturated/α-hetero) is 1. The number of aryl methyl sites for hydroxylation is 2. The zero-order valence-corrected chi connectivity index (χ0v) is 12.9. The van der Waals surface area contributed by atoms with E-state index >= 15 is 0 Å². The van der Waals surface area contributed by atoms with Gasteiger partial charge in [-0.1, -0.05) is 51.8 Å². The summed E-state index contributed by atoms with van der Waals surface area (Å²) < 4.78 is 14.3. The molecule has 0 saturated heterocycles. The first kappa shape index (κ1) is 14.9. The number of benzene rings is 2. The van der Waals surface area contributed by atoms with E-state index in [0.29, 0.717) is 22.9 Å². The summed E-state index contributed by atoms with van der Waals surface area (Å²) in [5.41, 5.74) is 2.80. The second-order valence-electron chi connectivity index (χ2n) is 4.94. The molecule has 0 saturated carbocycles. The lowest BCUT2D eigenvalue weighted by atomic mass is 10.0. The number of hydrogen-bond acceptors (Lipinski definition) is 1. The predicted molar refractivity (Wildman–Crippen MR) is 82.3 cm³/mol. The summed E-state index contributed by atoms with van der Waals surface area (Å²) in [5.74, 6) is -0.268. The van der Waals surface area contributed by atoms with Crippen LogP contribution in [0.3, 0.4) is 0 Å². The maximum atomic E-state index is 13.6. The topological polar surface area (TPSA) is 17.1 Å². The molecular weight excluding hydrogens is 319 g/mol. The predicted octanol–water partition coefficient (Wildman–Crippen LogP) is 4.64. The van der Waals surface area contributed by atoms with E-state index in [1.165, 1.54) is 11.6 Å². The maximum Gasteiger partial charge on any atom is 0.137 e. The van der Waals surface area contributed by atoms with Crippen LogP contribution in [-0.2, 0) is 17.6 Å². The Kier molecular flexibility index (Phi) is 5.07. The molecule has 0 radical (unpaired) electrons. The number of ketones is 1. The highest BCUT2D eigenvalue weighted by Crippen LogP contribution is 2.16. The van der Waals surface area contributed by atoms with Crippen molar-refractivity contribution in [3.8, 4) is 0 Å². The molecule has 0 heterocycles. The molecule has 0 aromatic heterocycles. The third kappa shape index (κ3) is 4.27. The van der Waals surface area contributed by atoms with Crippen LogP contribution in [0.2, 0.25) is 0 Å². The standard InChI is InChI=1S/C17H16BrFO/c1-12-3-2-4-13(9-12)5-8-16(20)10-14-6-7-15(18)11-17(14)19/h2-4,6-7,9,11H,5,8,10H2,1H3. The Labute approximate surface area is 127 Å². The van der Waals surface area contributed by atoms with Gasteiger partial charge in [-0.2, -0.15) is 0 Å². The van der Waals surface area contributed by atoms with Gasteiger partial charge < -0.3 is 0 Å². The van der Waals surface area contributed by atoms with Crippen LogP contribution in [0.1, 0.15) is 23.1 Å². The van der Waals surface area contributed by atoms with Crippen molar-refractivity contribution < 1.29 is 9.18 Å². The van der Waals surface area contributed by atoms with Gasteiger partial charge >= 0.3 is 0 Å². The molecule has 0 aliphatic carbocycles. The molecule has 104 valence electrons. The fraction of sp³-hybridized carbons (Fsp3) is 0.235. The minimum Gasteiger partial charge on any atom is -0.299 e. The number of carbonyl (C=O) groups excluding carboxylic acids is 1. The molecule has 2 aromatic rings. The van der Waals surface area contributed by atoms with Crippen LogP contribution in [0.5, 0.6) is 0 Å². The summed E-state index contributed by atoms with van der Waals surface area (Å²) in [6.07, 6.45) is 1.31. The zero-order valence-electron chi connectivity index (χ0n) is 11.3. The fourth-order valence-electron chi connectivity index (χ4n) is 2.12. The zero-order chi connectivity index (χ0) is 14.5. The van der Waals surface area contributed by atoms with Crippen molar-refractivity contribution in [1.82, 2.24) is 0 Å². The molecule has 1 nitrogen and oxygen atoms in total. The summed E-state index contributed by atoms with van der Waals surface area (Å²) >= 11 is 3.21. The van der Waals surface area contributed by atoms with Crippen molar-refractivity contribution in [1.29, 1.82) is 0 Å². The molecule has 0 N–H and O–H groups in total. The van der Waals surface area contributed by atoms with E-state index in [9.17, 15) is 9.18 Å². The second kappa shape index (κ2) is 6.80. The molecule has 20 heavy (non-hydrogen) atoms. The van der Waals surface area contributed by atoms with E-state index in [0.717, 1.165) is 5.56 Å². The largest absolute Gasteiger partial charge is 0.299 e. The van der Waals surface area contributed by atoms with Gasteiger partial charge in [-0.25, -0.2) is 4.39 Å². The van der Waals surface area contributed by atoms with Gasteiger partial charge in [-0.3, -0.25) is 4.79 Å². The van der Waals surface area contributed by atoms with E-state index in [4.69, 9.17) is 0 Å². The Bertz CT molecular complexity index is 622. The Morgan fingerprint density at radius 1 is 1.20 bits per heavy atom. The number of rotatable bonds is 5. The second-order valence-corrected chi connectivity index (χ2v) is 5.86. The van der Waals surface area contributed by atoms with Gasteiger partial charge in [0.2, 0.25) is 0 Å². The summed E-state index contributed by atoms with van der Waals surface area (Å²) in [5, 5.41) is 0. The average molecular weight is 335 g/mol. The minimum atomic E-state index is -0.330. The average Bonchev–Trinajstić information content (AvgIpc) is 2.40. The highest BCUT2D eigenvalue weighted by Gasteiger charge is 2.09. The molecule has 0 aliphatic heterocycles. The lowest BCUT2D eigenvalue weighted by Crippen LogP contribution is -2.06. The number of carbonyl (C=O) groups is 1. The fourth-order valence-corrected chi connectivity index (χ4v) is 2.45. The quantitative estimate of drug-likeness (QED) is 0.778. The van der Waals surface area contributed by atoms with Gasteiger partial charge in [0.15, 0.2) is 0 Å². The lowest BCUT2D eigenvalue weighted by molar-refractivity contribution is -0.118. The van der Waals surface area contributed by atoms with Crippen LogP contribution in [0, 0.1) is 12.7 Å². The number of hydrogen-bond donors (Lipinski definition) is 0. The lowest BCUT2D eigenvalue weighted by Gasteiger charge is -2.05. The van der Waals surface area contributed by atoms with E-state index in [1.807, 2.05) is 25.1 Å². The van der Waals surface area contributed by atoms with E-state index in [-0.39, 0.29) is 18.0 Å². The first-order chi connectivity index (χ1) is 9.54. The molecule has 0 fully saturated rings. The van der Waals surface area contributed by atoms with Crippen LogP contribution in [0.4, 0.5) is 4.39 Å². The van der Waals surface area contributed by atoms with Gasteiger partial charge in [0, 0.05) is 17.3 Å². The highest BCUT2D eigenvalue weighted by molar-refractivity contribution is 9.10. The highest BCUT2D eigenvalue weighted by atomic mass is 79.9. The Morgan fingerprint density at radius 3 is 2.70 bits per heavy atom. The van der Waals surface area contributed by atoms with E-state index < -0.39 is 0 Å². The van der Waals surface area contributed by atoms with Crippen molar-refractivity contribution in [2.45, 2.75) is 26.2 Å². The first-order valence-electron chi connectivity index (χ1n) is 6.56. The van der Waals surface area contributed by atoms with Gasteiger partial charge in [0.25, 0.3) is 0 Å². The molecule has 0 atom stereocenters. The van der Waals surface area contributed by atoms with Crippen LogP contribution in [-0.4, -0.2) is 5.78 Å². The molecule has 2 rings (SSSR count). The Balaban J connectivity index is 1.92. The maximum absolute atomic E-state index is 13.6. The molecule has 0 spiro atoms. The SMILES string of the molecule is Cc1cccc(CCC(=O)Cc2ccc(Br)cc2F)c1. The molecule has 0 unspecified atom stereocenters. The van der Waals surface area contributed by atoms with Crippen molar-refractivity contribution in [2.75, 3.05) is 0 Å². The third-order valence-corrected chi connectivity index (χ3v) is 3.67. The smallest absolute Gasteiger partial charge is 0.137 e. The normalized spacial score (nSPS) is 10.6. The van der Waals surface area contributed by atoms with Gasteiger partial charge in [0.1, 0.15) is 11.6 Å². The van der Waals surface area contributed by atoms with Crippen LogP contribution >= 0.6 is 15.9 Å². The van der Waals surface area contributed by atoms with Gasteiger partial charge in [-0.15, -0.1) is 0 Å². The summed E-state index contributed by atoms with van der Waals surface area (Å²) in [6.45, 7) is 2.03. The van der Waals surface area contributed by atoms with Gasteiger partial charge in [0.05, 0.1) is 0 Å². The number of halogens is 2. The van der Waals surface area contributed by atoms with Crippen molar-refractivity contribution in [2.24, 2.45) is 0 Å². The third-order valence-electron chi connectivity index (χ3n) is 3.18. The van der Waals surface area contributed by atoms with Crippen LogP contribution in [0.25, 0.3) is 0 Å². The molecule has 0 bridgehead atoms. The summed E-state index contributed by atoms with van der Waals surface area (Å²) in [4.78, 5) is 11.9. The molecular formula is C17H16BrFO. The van der Waals surface area contributed by atoms with Crippen LogP contribution in [0.15, 0.2) is 46.9 Å². The van der Waals surface area contributed by atoms with E-state index in [2.05, 4.69) is 22.0 Å². The molecule has 3 heteroatoms. The van der Waals surface area contributed by atoms with Gasteiger partial charge in [-0.05, 0) is 36.6 Å². The monoisotopic (exact) mass is 334 g/mol. The van der Waals surface area contributed by atoms with Crippen molar-refractivity contribution in [3.05, 3.63) is 69.4 Å². The first-order valence-corrected chi connectivity index (χ1v) is 7.35. The molecule has 2 aromatic carbocycles. The van der Waals surface area contributed by atoms with Crippen LogP contribution < -0.4 is 0 Å². The Hall–Kier alpha value is -1.48. The molecule has 0 aliphatic rings. The molecule has 0 amide bonds. The summed E-state index contributed by atoms with van der Waals surface area (Å²) in [6, 6.07) is 12.9.